The third-order valence-electron chi connectivity index (χ3n) is 2.54. The SMILES string of the molecule is Cc1nn(Cc2cccnc2N)c(C)c1Cl. The van der Waals surface area contributed by atoms with Crippen LogP contribution in [0.5, 0.6) is 0 Å². The van der Waals surface area contributed by atoms with Crippen LogP contribution in [-0.2, 0) is 6.54 Å². The van der Waals surface area contributed by atoms with Gasteiger partial charge in [-0.2, -0.15) is 5.10 Å². The second kappa shape index (κ2) is 4.14. The molecular formula is C11H13ClN4. The minimum absolute atomic E-state index is 0.533. The van der Waals surface area contributed by atoms with Gasteiger partial charge in [-0.25, -0.2) is 4.98 Å². The maximum Gasteiger partial charge on any atom is 0.128 e. The Morgan fingerprint density at radius 1 is 1.44 bits per heavy atom. The summed E-state index contributed by atoms with van der Waals surface area (Å²) in [6.07, 6.45) is 1.67. The average molecular weight is 237 g/mol. The topological polar surface area (TPSA) is 56.7 Å². The molecule has 16 heavy (non-hydrogen) atoms. The average Bonchev–Trinajstić information content (AvgIpc) is 2.50. The number of hydrogen-bond donors (Lipinski definition) is 1. The molecule has 0 unspecified atom stereocenters. The molecule has 0 atom stereocenters. The summed E-state index contributed by atoms with van der Waals surface area (Å²) in [5.41, 5.74) is 8.51. The quantitative estimate of drug-likeness (QED) is 0.870. The third-order valence-corrected chi connectivity index (χ3v) is 3.09. The maximum atomic E-state index is 6.07. The first kappa shape index (κ1) is 11.0. The van der Waals surface area contributed by atoms with Gasteiger partial charge in [0.2, 0.25) is 0 Å². The predicted octanol–water partition coefficient (Wildman–Crippen LogP) is 2.18. The summed E-state index contributed by atoms with van der Waals surface area (Å²) >= 11 is 6.07. The molecule has 0 spiro atoms. The molecule has 2 aromatic heterocycles. The highest BCUT2D eigenvalue weighted by Gasteiger charge is 2.10. The number of hydrogen-bond acceptors (Lipinski definition) is 3. The Bertz CT molecular complexity index is 519. The molecule has 0 aliphatic carbocycles. The Kier molecular flexibility index (Phi) is 2.83. The molecule has 2 N–H and O–H groups in total. The van der Waals surface area contributed by atoms with Gasteiger partial charge in [0.1, 0.15) is 5.82 Å². The summed E-state index contributed by atoms with van der Waals surface area (Å²) in [6.45, 7) is 4.42. The van der Waals surface area contributed by atoms with Crippen molar-refractivity contribution in [1.29, 1.82) is 0 Å². The molecule has 0 aromatic carbocycles. The van der Waals surface area contributed by atoms with Gasteiger partial charge >= 0.3 is 0 Å². The summed E-state index contributed by atoms with van der Waals surface area (Å²) in [5.74, 6) is 0.533. The van der Waals surface area contributed by atoms with Gasteiger partial charge in [0.05, 0.1) is 23.0 Å². The van der Waals surface area contributed by atoms with Crippen molar-refractivity contribution in [2.24, 2.45) is 0 Å². The Balaban J connectivity index is 2.34. The molecule has 0 aliphatic heterocycles. The van der Waals surface area contributed by atoms with Crippen molar-refractivity contribution in [2.45, 2.75) is 20.4 Å². The second-order valence-electron chi connectivity index (χ2n) is 3.69. The van der Waals surface area contributed by atoms with Crippen molar-refractivity contribution in [3.8, 4) is 0 Å². The summed E-state index contributed by atoms with van der Waals surface area (Å²) in [5, 5.41) is 5.06. The lowest BCUT2D eigenvalue weighted by molar-refractivity contribution is 0.659. The van der Waals surface area contributed by atoms with E-state index in [-0.39, 0.29) is 0 Å². The zero-order chi connectivity index (χ0) is 11.7. The number of aryl methyl sites for hydroxylation is 1. The lowest BCUT2D eigenvalue weighted by Crippen LogP contribution is -2.07. The first-order valence-corrected chi connectivity index (χ1v) is 5.36. The number of rotatable bonds is 2. The van der Waals surface area contributed by atoms with E-state index in [9.17, 15) is 0 Å². The fraction of sp³-hybridized carbons (Fsp3) is 0.273. The zero-order valence-corrected chi connectivity index (χ0v) is 9.99. The Hall–Kier alpha value is -1.55. The van der Waals surface area contributed by atoms with Gasteiger partial charge in [0.25, 0.3) is 0 Å². The molecule has 2 rings (SSSR count). The van der Waals surface area contributed by atoms with E-state index in [1.165, 1.54) is 0 Å². The van der Waals surface area contributed by atoms with Crippen molar-refractivity contribution in [1.82, 2.24) is 14.8 Å². The number of nitrogen functional groups attached to an aromatic ring is 1. The van der Waals surface area contributed by atoms with Crippen molar-refractivity contribution < 1.29 is 0 Å². The first-order valence-electron chi connectivity index (χ1n) is 4.98. The van der Waals surface area contributed by atoms with Crippen LogP contribution in [0.1, 0.15) is 17.0 Å². The Morgan fingerprint density at radius 3 is 2.75 bits per heavy atom. The minimum Gasteiger partial charge on any atom is -0.383 e. The van der Waals surface area contributed by atoms with Gasteiger partial charge in [-0.3, -0.25) is 4.68 Å². The van der Waals surface area contributed by atoms with Gasteiger partial charge in [0, 0.05) is 11.8 Å². The van der Waals surface area contributed by atoms with Crippen LogP contribution in [0.15, 0.2) is 18.3 Å². The summed E-state index contributed by atoms with van der Waals surface area (Å²) in [4.78, 5) is 4.04. The van der Waals surface area contributed by atoms with Crippen molar-refractivity contribution in [3.63, 3.8) is 0 Å². The Morgan fingerprint density at radius 2 is 2.19 bits per heavy atom. The molecule has 0 saturated carbocycles. The van der Waals surface area contributed by atoms with Crippen LogP contribution in [0.3, 0.4) is 0 Å². The van der Waals surface area contributed by atoms with Crippen LogP contribution in [0, 0.1) is 13.8 Å². The van der Waals surface area contributed by atoms with Crippen LogP contribution in [0.4, 0.5) is 5.82 Å². The molecule has 0 amide bonds. The standard InChI is InChI=1S/C11H13ClN4/c1-7-10(12)8(2)16(15-7)6-9-4-3-5-14-11(9)13/h3-5H,6H2,1-2H3,(H2,13,14). The van der Waals surface area contributed by atoms with E-state index >= 15 is 0 Å². The lowest BCUT2D eigenvalue weighted by atomic mass is 10.2. The van der Waals surface area contributed by atoms with Crippen LogP contribution < -0.4 is 5.73 Å². The number of nitrogens with two attached hydrogens (primary N) is 1. The highest BCUT2D eigenvalue weighted by Crippen LogP contribution is 2.20. The van der Waals surface area contributed by atoms with Crippen LogP contribution >= 0.6 is 11.6 Å². The van der Waals surface area contributed by atoms with Crippen molar-refractivity contribution in [3.05, 3.63) is 40.3 Å². The second-order valence-corrected chi connectivity index (χ2v) is 4.07. The molecular weight excluding hydrogens is 224 g/mol. The Labute approximate surface area is 99.1 Å². The molecule has 0 radical (unpaired) electrons. The van der Waals surface area contributed by atoms with Gasteiger partial charge in [-0.1, -0.05) is 17.7 Å². The van der Waals surface area contributed by atoms with E-state index in [4.69, 9.17) is 17.3 Å². The third kappa shape index (κ3) is 1.88. The van der Waals surface area contributed by atoms with Gasteiger partial charge in [-0.05, 0) is 19.9 Å². The molecule has 84 valence electrons. The summed E-state index contributed by atoms with van der Waals surface area (Å²) in [6, 6.07) is 3.80. The smallest absolute Gasteiger partial charge is 0.128 e. The first-order chi connectivity index (χ1) is 7.59. The van der Waals surface area contributed by atoms with Crippen molar-refractivity contribution in [2.75, 3.05) is 5.73 Å². The summed E-state index contributed by atoms with van der Waals surface area (Å²) < 4.78 is 1.84. The van der Waals surface area contributed by atoms with Gasteiger partial charge in [-0.15, -0.1) is 0 Å². The number of nitrogens with zero attached hydrogens (tertiary/aromatic N) is 3. The molecule has 0 saturated heterocycles. The normalized spacial score (nSPS) is 10.7. The largest absolute Gasteiger partial charge is 0.383 e. The molecule has 4 nitrogen and oxygen atoms in total. The van der Waals surface area contributed by atoms with E-state index in [0.29, 0.717) is 17.4 Å². The molecule has 2 aromatic rings. The number of pyridine rings is 1. The van der Waals surface area contributed by atoms with Gasteiger partial charge < -0.3 is 5.73 Å². The van der Waals surface area contributed by atoms with E-state index in [2.05, 4.69) is 10.1 Å². The highest BCUT2D eigenvalue weighted by molar-refractivity contribution is 6.31. The number of halogens is 1. The van der Waals surface area contributed by atoms with Crippen LogP contribution in [0.2, 0.25) is 5.02 Å². The molecule has 0 aliphatic rings. The van der Waals surface area contributed by atoms with E-state index in [1.807, 2.05) is 30.7 Å². The summed E-state index contributed by atoms with van der Waals surface area (Å²) in [7, 11) is 0. The van der Waals surface area contributed by atoms with Crippen LogP contribution in [-0.4, -0.2) is 14.8 Å². The maximum absolute atomic E-state index is 6.07. The van der Waals surface area contributed by atoms with Gasteiger partial charge in [0.15, 0.2) is 0 Å². The number of aromatic nitrogens is 3. The zero-order valence-electron chi connectivity index (χ0n) is 9.24. The highest BCUT2D eigenvalue weighted by atomic mass is 35.5. The predicted molar refractivity (Wildman–Crippen MR) is 64.5 cm³/mol. The van der Waals surface area contributed by atoms with E-state index < -0.39 is 0 Å². The molecule has 0 fully saturated rings. The minimum atomic E-state index is 0.533. The monoisotopic (exact) mass is 236 g/mol. The van der Waals surface area contributed by atoms with E-state index in [0.717, 1.165) is 17.0 Å². The van der Waals surface area contributed by atoms with Crippen LogP contribution in [0.25, 0.3) is 0 Å². The molecule has 5 heteroatoms. The lowest BCUT2D eigenvalue weighted by Gasteiger charge is -2.06. The fourth-order valence-electron chi connectivity index (χ4n) is 1.57. The number of anilines is 1. The molecule has 2 heterocycles. The van der Waals surface area contributed by atoms with E-state index in [1.54, 1.807) is 6.20 Å². The van der Waals surface area contributed by atoms with Crippen molar-refractivity contribution >= 4 is 17.4 Å². The molecule has 0 bridgehead atoms. The fourth-order valence-corrected chi connectivity index (χ4v) is 1.71.